The minimum absolute atomic E-state index is 0.0506. The molecule has 0 aromatic heterocycles. The maximum atomic E-state index is 12.9. The summed E-state index contributed by atoms with van der Waals surface area (Å²) in [4.78, 5) is 4.27. The van der Waals surface area contributed by atoms with Crippen LogP contribution in [-0.4, -0.2) is 38.7 Å². The van der Waals surface area contributed by atoms with Gasteiger partial charge in [-0.05, 0) is 53.9 Å². The lowest BCUT2D eigenvalue weighted by atomic mass is 9.86. The molecule has 1 unspecified atom stereocenters. The fourth-order valence-corrected chi connectivity index (χ4v) is 4.99. The van der Waals surface area contributed by atoms with E-state index in [1.54, 1.807) is 5.01 Å². The zero-order chi connectivity index (χ0) is 23.4. The SMILES string of the molecule is CN=C(NS(=O)(=O)c1ccc(Cl)cc1)N1CCC(c2ccccc2)C(c2ccc(Cl)cc2)=N1. The lowest BCUT2D eigenvalue weighted by molar-refractivity contribution is 0.394. The molecule has 0 saturated heterocycles. The minimum atomic E-state index is -3.86. The van der Waals surface area contributed by atoms with Gasteiger partial charge in [0.15, 0.2) is 0 Å². The summed E-state index contributed by atoms with van der Waals surface area (Å²) in [5, 5.41) is 7.52. The third kappa shape index (κ3) is 5.38. The normalized spacial score (nSPS) is 16.9. The zero-order valence-corrected chi connectivity index (χ0v) is 20.1. The molecule has 1 atom stereocenters. The van der Waals surface area contributed by atoms with Crippen LogP contribution in [-0.2, 0) is 10.0 Å². The summed E-state index contributed by atoms with van der Waals surface area (Å²) in [5.41, 5.74) is 2.87. The molecule has 0 amide bonds. The molecule has 0 bridgehead atoms. The standard InChI is InChI=1S/C24H22Cl2N4O2S/c1-27-24(29-33(31,32)21-13-11-20(26)12-14-21)30-16-15-22(17-5-3-2-4-6-17)23(28-30)18-7-9-19(25)10-8-18/h2-14,22H,15-16H2,1H3,(H,27,29). The molecule has 0 saturated carbocycles. The summed E-state index contributed by atoms with van der Waals surface area (Å²) >= 11 is 12.0. The Morgan fingerprint density at radius 1 is 0.970 bits per heavy atom. The van der Waals surface area contributed by atoms with E-state index < -0.39 is 10.0 Å². The first-order valence-electron chi connectivity index (χ1n) is 10.3. The van der Waals surface area contributed by atoms with E-state index in [1.165, 1.54) is 31.3 Å². The van der Waals surface area contributed by atoms with Crippen LogP contribution in [0, 0.1) is 0 Å². The molecule has 1 aliphatic heterocycles. The van der Waals surface area contributed by atoms with Crippen molar-refractivity contribution in [2.75, 3.05) is 13.6 Å². The average Bonchev–Trinajstić information content (AvgIpc) is 2.83. The number of hydrogen-bond acceptors (Lipinski definition) is 4. The van der Waals surface area contributed by atoms with Crippen LogP contribution in [0.25, 0.3) is 0 Å². The second-order valence-electron chi connectivity index (χ2n) is 7.47. The van der Waals surface area contributed by atoms with Crippen molar-refractivity contribution in [3.8, 4) is 0 Å². The molecule has 0 aliphatic carbocycles. The van der Waals surface area contributed by atoms with Crippen molar-refractivity contribution >= 4 is 44.9 Å². The average molecular weight is 501 g/mol. The van der Waals surface area contributed by atoms with Gasteiger partial charge in [-0.15, -0.1) is 0 Å². The summed E-state index contributed by atoms with van der Waals surface area (Å²) in [6.07, 6.45) is 0.729. The highest BCUT2D eigenvalue weighted by molar-refractivity contribution is 7.90. The number of guanidine groups is 1. The second kappa shape index (κ2) is 9.95. The van der Waals surface area contributed by atoms with Gasteiger partial charge in [0.25, 0.3) is 10.0 Å². The lowest BCUT2D eigenvalue weighted by Gasteiger charge is -2.32. The van der Waals surface area contributed by atoms with E-state index in [-0.39, 0.29) is 16.8 Å². The highest BCUT2D eigenvalue weighted by Crippen LogP contribution is 2.30. The quantitative estimate of drug-likeness (QED) is 0.397. The van der Waals surface area contributed by atoms with Crippen LogP contribution in [0.15, 0.2) is 93.9 Å². The first-order chi connectivity index (χ1) is 15.9. The Hall–Kier alpha value is -2.87. The first kappa shape index (κ1) is 23.3. The van der Waals surface area contributed by atoms with E-state index in [9.17, 15) is 8.42 Å². The molecule has 170 valence electrons. The van der Waals surface area contributed by atoms with Crippen LogP contribution in [0.2, 0.25) is 10.0 Å². The number of sulfonamides is 1. The number of halogens is 2. The van der Waals surface area contributed by atoms with Crippen LogP contribution in [0.4, 0.5) is 0 Å². The Labute approximate surface area is 203 Å². The molecule has 0 spiro atoms. The molecule has 4 rings (SSSR count). The number of hydrazone groups is 1. The predicted octanol–water partition coefficient (Wildman–Crippen LogP) is 5.15. The van der Waals surface area contributed by atoms with Crippen LogP contribution in [0.1, 0.15) is 23.5 Å². The van der Waals surface area contributed by atoms with Gasteiger partial charge in [0.2, 0.25) is 5.96 Å². The van der Waals surface area contributed by atoms with Gasteiger partial charge >= 0.3 is 0 Å². The third-order valence-corrected chi connectivity index (χ3v) is 7.18. The van der Waals surface area contributed by atoms with Crippen molar-refractivity contribution in [3.05, 3.63) is 100 Å². The number of rotatable bonds is 4. The van der Waals surface area contributed by atoms with E-state index in [4.69, 9.17) is 28.3 Å². The maximum Gasteiger partial charge on any atom is 0.264 e. The van der Waals surface area contributed by atoms with Crippen molar-refractivity contribution in [1.82, 2.24) is 9.73 Å². The van der Waals surface area contributed by atoms with E-state index >= 15 is 0 Å². The van der Waals surface area contributed by atoms with Crippen molar-refractivity contribution < 1.29 is 8.42 Å². The molecule has 6 nitrogen and oxygen atoms in total. The van der Waals surface area contributed by atoms with Crippen molar-refractivity contribution in [1.29, 1.82) is 0 Å². The molecule has 9 heteroatoms. The molecule has 1 heterocycles. The van der Waals surface area contributed by atoms with Crippen molar-refractivity contribution in [2.24, 2.45) is 10.1 Å². The fourth-order valence-electron chi connectivity index (χ4n) is 3.69. The van der Waals surface area contributed by atoms with Gasteiger partial charge < -0.3 is 0 Å². The van der Waals surface area contributed by atoms with Gasteiger partial charge in [0.05, 0.1) is 10.6 Å². The van der Waals surface area contributed by atoms with Crippen LogP contribution >= 0.6 is 23.2 Å². The summed E-state index contributed by atoms with van der Waals surface area (Å²) in [6.45, 7) is 0.493. The summed E-state index contributed by atoms with van der Waals surface area (Å²) in [5.74, 6) is 0.192. The lowest BCUT2D eigenvalue weighted by Crippen LogP contribution is -2.45. The van der Waals surface area contributed by atoms with Gasteiger partial charge in [-0.25, -0.2) is 18.1 Å². The Morgan fingerprint density at radius 2 is 1.58 bits per heavy atom. The van der Waals surface area contributed by atoms with Crippen molar-refractivity contribution in [2.45, 2.75) is 17.2 Å². The molecule has 3 aromatic carbocycles. The van der Waals surface area contributed by atoms with Gasteiger partial charge in [-0.2, -0.15) is 5.10 Å². The Bertz CT molecular complexity index is 1280. The largest absolute Gasteiger partial charge is 0.264 e. The van der Waals surface area contributed by atoms with E-state index in [0.717, 1.165) is 23.3 Å². The Morgan fingerprint density at radius 3 is 2.18 bits per heavy atom. The fraction of sp³-hybridized carbons (Fsp3) is 0.167. The number of nitrogens with one attached hydrogen (secondary N) is 1. The van der Waals surface area contributed by atoms with Gasteiger partial charge in [-0.3, -0.25) is 4.99 Å². The summed E-state index contributed by atoms with van der Waals surface area (Å²) in [6, 6.07) is 23.5. The summed E-state index contributed by atoms with van der Waals surface area (Å²) < 4.78 is 28.4. The van der Waals surface area contributed by atoms with E-state index in [0.29, 0.717) is 16.6 Å². The molecular weight excluding hydrogens is 479 g/mol. The predicted molar refractivity (Wildman–Crippen MR) is 134 cm³/mol. The van der Waals surface area contributed by atoms with Gasteiger partial charge in [0, 0.05) is 29.6 Å². The topological polar surface area (TPSA) is 74.1 Å². The van der Waals surface area contributed by atoms with Gasteiger partial charge in [0.1, 0.15) is 0 Å². The monoisotopic (exact) mass is 500 g/mol. The molecule has 1 N–H and O–H groups in total. The van der Waals surface area contributed by atoms with E-state index in [1.807, 2.05) is 42.5 Å². The van der Waals surface area contributed by atoms with Crippen LogP contribution in [0.3, 0.4) is 0 Å². The summed E-state index contributed by atoms with van der Waals surface area (Å²) in [7, 11) is -2.33. The molecule has 1 aliphatic rings. The Kier molecular flexibility index (Phi) is 7.02. The minimum Gasteiger partial charge on any atom is -0.254 e. The Balaban J connectivity index is 1.68. The number of nitrogens with zero attached hydrogens (tertiary/aromatic N) is 3. The van der Waals surface area contributed by atoms with Crippen LogP contribution in [0.5, 0.6) is 0 Å². The number of aliphatic imine (C=N–C) groups is 1. The molecule has 0 fully saturated rings. The highest BCUT2D eigenvalue weighted by Gasteiger charge is 2.29. The molecular formula is C24H22Cl2N4O2S. The highest BCUT2D eigenvalue weighted by atomic mass is 35.5. The molecule has 33 heavy (non-hydrogen) atoms. The van der Waals surface area contributed by atoms with Crippen LogP contribution < -0.4 is 4.72 Å². The first-order valence-corrected chi connectivity index (χ1v) is 12.5. The second-order valence-corrected chi connectivity index (χ2v) is 10.0. The zero-order valence-electron chi connectivity index (χ0n) is 17.8. The molecule has 0 radical (unpaired) electrons. The van der Waals surface area contributed by atoms with Crippen molar-refractivity contribution in [3.63, 3.8) is 0 Å². The molecule has 3 aromatic rings. The number of hydrogen-bond donors (Lipinski definition) is 1. The maximum absolute atomic E-state index is 12.9. The van der Waals surface area contributed by atoms with E-state index in [2.05, 4.69) is 21.8 Å². The number of benzene rings is 3. The van der Waals surface area contributed by atoms with Gasteiger partial charge in [-0.1, -0.05) is 65.7 Å². The smallest absolute Gasteiger partial charge is 0.254 e. The third-order valence-electron chi connectivity index (χ3n) is 5.34.